The maximum Gasteiger partial charge on any atom is 0.270 e. The molecule has 33 heavy (non-hydrogen) atoms. The van der Waals surface area contributed by atoms with Crippen LogP contribution in [0, 0.1) is 13.8 Å². The zero-order valence-electron chi connectivity index (χ0n) is 18.7. The molecule has 0 spiro atoms. The summed E-state index contributed by atoms with van der Waals surface area (Å²) >= 11 is 5.28. The molecule has 0 unspecified atom stereocenters. The van der Waals surface area contributed by atoms with E-state index in [1.807, 2.05) is 36.4 Å². The van der Waals surface area contributed by atoms with Gasteiger partial charge in [0.05, 0.1) is 12.8 Å². The van der Waals surface area contributed by atoms with E-state index in [0.717, 1.165) is 16.7 Å². The Balaban J connectivity index is 1.76. The lowest BCUT2D eigenvalue weighted by molar-refractivity contribution is -0.122. The molecule has 1 heterocycles. The SMILES string of the molecule is COc1ccc(/C=C2/C(=O)NC(=S)N(c3ccccc3)C2=O)c(Cc2cc(C)cc(C)c2)c1. The lowest BCUT2D eigenvalue weighted by Gasteiger charge is -2.29. The van der Waals surface area contributed by atoms with Crippen LogP contribution >= 0.6 is 12.2 Å². The first-order valence-corrected chi connectivity index (χ1v) is 11.0. The molecule has 1 aliphatic heterocycles. The van der Waals surface area contributed by atoms with Crippen LogP contribution < -0.4 is 15.0 Å². The molecule has 3 aromatic carbocycles. The zero-order valence-corrected chi connectivity index (χ0v) is 19.5. The Morgan fingerprint density at radius 3 is 2.33 bits per heavy atom. The minimum absolute atomic E-state index is 0.0271. The number of carbonyl (C=O) groups excluding carboxylic acids is 2. The van der Waals surface area contributed by atoms with E-state index in [9.17, 15) is 9.59 Å². The van der Waals surface area contributed by atoms with E-state index in [2.05, 4.69) is 37.4 Å². The quantitative estimate of drug-likeness (QED) is 0.342. The maximum absolute atomic E-state index is 13.3. The van der Waals surface area contributed by atoms with Gasteiger partial charge in [-0.2, -0.15) is 0 Å². The number of aryl methyl sites for hydroxylation is 2. The fourth-order valence-electron chi connectivity index (χ4n) is 4.02. The van der Waals surface area contributed by atoms with Crippen LogP contribution in [0.15, 0.2) is 72.3 Å². The van der Waals surface area contributed by atoms with Gasteiger partial charge in [0.1, 0.15) is 11.3 Å². The number of methoxy groups -OCH3 is 1. The summed E-state index contributed by atoms with van der Waals surface area (Å²) in [5.74, 6) is -0.253. The van der Waals surface area contributed by atoms with Crippen LogP contribution in [0.2, 0.25) is 0 Å². The Bertz CT molecular complexity index is 1260. The Hall–Kier alpha value is -3.77. The largest absolute Gasteiger partial charge is 0.497 e. The first kappa shape index (κ1) is 22.4. The molecule has 5 nitrogen and oxygen atoms in total. The molecule has 166 valence electrons. The second kappa shape index (κ2) is 9.38. The summed E-state index contributed by atoms with van der Waals surface area (Å²) in [4.78, 5) is 27.4. The summed E-state index contributed by atoms with van der Waals surface area (Å²) < 4.78 is 5.42. The molecule has 1 N–H and O–H groups in total. The fourth-order valence-corrected chi connectivity index (χ4v) is 4.30. The van der Waals surface area contributed by atoms with Gasteiger partial charge in [0.25, 0.3) is 11.8 Å². The van der Waals surface area contributed by atoms with E-state index < -0.39 is 11.8 Å². The van der Waals surface area contributed by atoms with Gasteiger partial charge in [-0.15, -0.1) is 0 Å². The third-order valence-electron chi connectivity index (χ3n) is 5.44. The summed E-state index contributed by atoms with van der Waals surface area (Å²) in [5, 5.41) is 2.71. The highest BCUT2D eigenvalue weighted by Gasteiger charge is 2.34. The average molecular weight is 457 g/mol. The molecular formula is C27H24N2O3S. The van der Waals surface area contributed by atoms with Crippen LogP contribution in [0.3, 0.4) is 0 Å². The summed E-state index contributed by atoms with van der Waals surface area (Å²) in [5.41, 5.74) is 5.86. The minimum Gasteiger partial charge on any atom is -0.497 e. The number of thiocarbonyl (C=S) groups is 1. The second-order valence-corrected chi connectivity index (χ2v) is 8.42. The van der Waals surface area contributed by atoms with Crippen molar-refractivity contribution in [1.82, 2.24) is 5.32 Å². The van der Waals surface area contributed by atoms with Gasteiger partial charge in [-0.05, 0) is 79.5 Å². The number of carbonyl (C=O) groups is 2. The molecule has 1 aliphatic rings. The molecule has 6 heteroatoms. The van der Waals surface area contributed by atoms with E-state index in [1.165, 1.54) is 16.0 Å². The van der Waals surface area contributed by atoms with Crippen molar-refractivity contribution in [3.8, 4) is 5.75 Å². The van der Waals surface area contributed by atoms with Crippen molar-refractivity contribution < 1.29 is 14.3 Å². The molecular weight excluding hydrogens is 432 g/mol. The van der Waals surface area contributed by atoms with Crippen molar-refractivity contribution >= 4 is 40.9 Å². The van der Waals surface area contributed by atoms with Crippen LogP contribution in [0.4, 0.5) is 5.69 Å². The lowest BCUT2D eigenvalue weighted by atomic mass is 9.95. The molecule has 0 bridgehead atoms. The van der Waals surface area contributed by atoms with Gasteiger partial charge >= 0.3 is 0 Å². The number of anilines is 1. The summed E-state index contributed by atoms with van der Waals surface area (Å²) in [6.07, 6.45) is 2.27. The monoisotopic (exact) mass is 456 g/mol. The van der Waals surface area contributed by atoms with Gasteiger partial charge < -0.3 is 4.74 Å². The Morgan fingerprint density at radius 1 is 0.970 bits per heavy atom. The number of hydrogen-bond acceptors (Lipinski definition) is 4. The van der Waals surface area contributed by atoms with Gasteiger partial charge in [-0.1, -0.05) is 53.6 Å². The predicted molar refractivity (Wildman–Crippen MR) is 134 cm³/mol. The van der Waals surface area contributed by atoms with Crippen molar-refractivity contribution in [3.63, 3.8) is 0 Å². The van der Waals surface area contributed by atoms with Gasteiger partial charge in [0.2, 0.25) is 0 Å². The molecule has 0 aromatic heterocycles. The summed E-state index contributed by atoms with van der Waals surface area (Å²) in [6, 6.07) is 21.1. The highest BCUT2D eigenvalue weighted by molar-refractivity contribution is 7.80. The number of amides is 2. The average Bonchev–Trinajstić information content (AvgIpc) is 2.77. The second-order valence-electron chi connectivity index (χ2n) is 8.03. The van der Waals surface area contributed by atoms with Crippen LogP contribution in [0.25, 0.3) is 6.08 Å². The predicted octanol–water partition coefficient (Wildman–Crippen LogP) is 4.73. The third kappa shape index (κ3) is 4.86. The molecule has 3 aromatic rings. The number of hydrogen-bond donors (Lipinski definition) is 1. The molecule has 2 amide bonds. The summed E-state index contributed by atoms with van der Waals surface area (Å²) in [7, 11) is 1.62. The van der Waals surface area contributed by atoms with Crippen LogP contribution in [-0.4, -0.2) is 24.0 Å². The van der Waals surface area contributed by atoms with Crippen LogP contribution in [0.5, 0.6) is 5.75 Å². The lowest BCUT2D eigenvalue weighted by Crippen LogP contribution is -2.54. The molecule has 0 aliphatic carbocycles. The van der Waals surface area contributed by atoms with E-state index in [1.54, 1.807) is 25.3 Å². The van der Waals surface area contributed by atoms with Crippen molar-refractivity contribution in [3.05, 3.63) is 100 Å². The Labute approximate surface area is 198 Å². The first-order chi connectivity index (χ1) is 15.9. The van der Waals surface area contributed by atoms with Crippen molar-refractivity contribution in [2.75, 3.05) is 12.0 Å². The van der Waals surface area contributed by atoms with Crippen molar-refractivity contribution in [1.29, 1.82) is 0 Å². The Kier molecular flexibility index (Phi) is 6.38. The molecule has 0 saturated carbocycles. The highest BCUT2D eigenvalue weighted by atomic mass is 32.1. The van der Waals surface area contributed by atoms with Gasteiger partial charge in [0, 0.05) is 0 Å². The molecule has 4 rings (SSSR count). The van der Waals surface area contributed by atoms with Gasteiger partial charge in [0.15, 0.2) is 5.11 Å². The molecule has 0 radical (unpaired) electrons. The van der Waals surface area contributed by atoms with Crippen molar-refractivity contribution in [2.45, 2.75) is 20.3 Å². The topological polar surface area (TPSA) is 58.6 Å². The third-order valence-corrected chi connectivity index (χ3v) is 5.73. The minimum atomic E-state index is -0.509. The van der Waals surface area contributed by atoms with E-state index in [4.69, 9.17) is 17.0 Å². The van der Waals surface area contributed by atoms with Crippen LogP contribution in [0.1, 0.15) is 27.8 Å². The number of rotatable bonds is 5. The van der Waals surface area contributed by atoms with Gasteiger partial charge in [-0.25, -0.2) is 0 Å². The van der Waals surface area contributed by atoms with E-state index in [0.29, 0.717) is 17.9 Å². The highest BCUT2D eigenvalue weighted by Crippen LogP contribution is 2.26. The maximum atomic E-state index is 13.3. The number of para-hydroxylation sites is 1. The molecule has 0 atom stereocenters. The number of ether oxygens (including phenoxy) is 1. The van der Waals surface area contributed by atoms with Gasteiger partial charge in [-0.3, -0.25) is 19.8 Å². The standard InChI is InChI=1S/C27H24N2O3S/c1-17-11-18(2)13-19(12-17)14-21-15-23(32-3)10-9-20(21)16-24-25(30)28-27(33)29(26(24)31)22-7-5-4-6-8-22/h4-13,15-16H,14H2,1-3H3,(H,28,30,33)/b24-16-. The molecule has 1 fully saturated rings. The normalized spacial score (nSPS) is 15.1. The Morgan fingerprint density at radius 2 is 1.67 bits per heavy atom. The first-order valence-electron chi connectivity index (χ1n) is 10.6. The zero-order chi connectivity index (χ0) is 23.5. The number of benzene rings is 3. The van der Waals surface area contributed by atoms with E-state index >= 15 is 0 Å². The molecule has 1 saturated heterocycles. The smallest absolute Gasteiger partial charge is 0.270 e. The van der Waals surface area contributed by atoms with Crippen molar-refractivity contribution in [2.24, 2.45) is 0 Å². The van der Waals surface area contributed by atoms with E-state index in [-0.39, 0.29) is 10.7 Å². The van der Waals surface area contributed by atoms with Crippen LogP contribution in [-0.2, 0) is 16.0 Å². The number of nitrogens with zero attached hydrogens (tertiary/aromatic N) is 1. The summed E-state index contributed by atoms with van der Waals surface area (Å²) in [6.45, 7) is 4.13. The number of nitrogens with one attached hydrogen (secondary N) is 1. The fraction of sp³-hybridized carbons (Fsp3) is 0.148.